The molecule has 0 aliphatic heterocycles. The molecule has 21 heavy (non-hydrogen) atoms. The molecule has 0 saturated heterocycles. The normalized spacial score (nSPS) is 10.6. The van der Waals surface area contributed by atoms with E-state index < -0.39 is 40.7 Å². The van der Waals surface area contributed by atoms with Crippen LogP contribution in [0.5, 0.6) is 0 Å². The van der Waals surface area contributed by atoms with E-state index >= 15 is 0 Å². The lowest BCUT2D eigenvalue weighted by Crippen LogP contribution is -2.16. The van der Waals surface area contributed by atoms with Crippen molar-refractivity contribution in [2.45, 2.75) is 4.90 Å². The molecule has 0 atom stereocenters. The number of amides is 1. The second-order valence-corrected chi connectivity index (χ2v) is 4.47. The zero-order valence-electron chi connectivity index (χ0n) is 10.1. The summed E-state index contributed by atoms with van der Waals surface area (Å²) in [6.07, 6.45) is 0. The summed E-state index contributed by atoms with van der Waals surface area (Å²) >= 11 is 3.96. The monoisotopic (exact) mass is 319 g/mol. The van der Waals surface area contributed by atoms with Gasteiger partial charge in [0.15, 0.2) is 23.3 Å². The van der Waals surface area contributed by atoms with E-state index in [1.807, 2.05) is 0 Å². The third-order valence-corrected chi connectivity index (χ3v) is 2.83. The second-order valence-electron chi connectivity index (χ2n) is 3.95. The Balaban J connectivity index is 2.43. The maximum Gasteiger partial charge on any atom is 0.255 e. The molecule has 0 aliphatic carbocycles. The van der Waals surface area contributed by atoms with Crippen LogP contribution in [0.1, 0.15) is 10.4 Å². The predicted molar refractivity (Wildman–Crippen MR) is 67.9 cm³/mol. The Morgan fingerprint density at radius 2 is 1.43 bits per heavy atom. The first-order valence-corrected chi connectivity index (χ1v) is 5.89. The third-order valence-electron chi connectivity index (χ3n) is 2.56. The zero-order valence-corrected chi connectivity index (χ0v) is 10.9. The van der Waals surface area contributed by atoms with Crippen LogP contribution in [0.3, 0.4) is 0 Å². The maximum absolute atomic E-state index is 13.4. The molecule has 0 fully saturated rings. The second kappa shape index (κ2) is 5.72. The highest BCUT2D eigenvalue weighted by atomic mass is 32.1. The quantitative estimate of drug-likeness (QED) is 0.373. The number of hydrogen-bond acceptors (Lipinski definition) is 2. The van der Waals surface area contributed by atoms with Crippen molar-refractivity contribution in [3.05, 3.63) is 58.9 Å². The van der Waals surface area contributed by atoms with Crippen LogP contribution in [0.2, 0.25) is 0 Å². The highest BCUT2D eigenvalue weighted by Crippen LogP contribution is 2.27. The number of thiol groups is 1. The smallest absolute Gasteiger partial charge is 0.255 e. The molecule has 0 radical (unpaired) electrons. The molecule has 2 nitrogen and oxygen atoms in total. The van der Waals surface area contributed by atoms with Crippen molar-refractivity contribution in [2.24, 2.45) is 0 Å². The van der Waals surface area contributed by atoms with Gasteiger partial charge < -0.3 is 5.32 Å². The fourth-order valence-electron chi connectivity index (χ4n) is 1.55. The van der Waals surface area contributed by atoms with Crippen LogP contribution in [-0.2, 0) is 0 Å². The van der Waals surface area contributed by atoms with Crippen LogP contribution >= 0.6 is 12.6 Å². The SMILES string of the molecule is O=C(Nc1c(F)c(F)c(F)c(F)c1F)c1cccc(S)c1. The van der Waals surface area contributed by atoms with E-state index in [1.54, 1.807) is 5.32 Å². The van der Waals surface area contributed by atoms with Crippen molar-refractivity contribution in [3.8, 4) is 0 Å². The minimum absolute atomic E-state index is 0.0496. The molecule has 0 saturated carbocycles. The first-order valence-electron chi connectivity index (χ1n) is 5.44. The number of halogens is 5. The van der Waals surface area contributed by atoms with E-state index in [1.165, 1.54) is 24.3 Å². The van der Waals surface area contributed by atoms with Gasteiger partial charge >= 0.3 is 0 Å². The Labute approximate surface area is 121 Å². The number of anilines is 1. The number of nitrogens with one attached hydrogen (secondary N) is 1. The summed E-state index contributed by atoms with van der Waals surface area (Å²) in [4.78, 5) is 12.2. The van der Waals surface area contributed by atoms with Gasteiger partial charge in [0.05, 0.1) is 0 Å². The molecular weight excluding hydrogens is 313 g/mol. The Kier molecular flexibility index (Phi) is 4.17. The van der Waals surface area contributed by atoms with Gasteiger partial charge in [0, 0.05) is 10.5 Å². The molecule has 110 valence electrons. The molecule has 8 heteroatoms. The van der Waals surface area contributed by atoms with Crippen molar-refractivity contribution < 1.29 is 26.7 Å². The zero-order chi connectivity index (χ0) is 15.7. The van der Waals surface area contributed by atoms with Gasteiger partial charge in [0.25, 0.3) is 5.91 Å². The molecule has 2 rings (SSSR count). The van der Waals surface area contributed by atoms with Crippen LogP contribution in [0.25, 0.3) is 0 Å². The predicted octanol–water partition coefficient (Wildman–Crippen LogP) is 3.92. The Morgan fingerprint density at radius 3 is 1.95 bits per heavy atom. The van der Waals surface area contributed by atoms with E-state index in [0.29, 0.717) is 4.90 Å². The summed E-state index contributed by atoms with van der Waals surface area (Å²) < 4.78 is 65.7. The highest BCUT2D eigenvalue weighted by molar-refractivity contribution is 7.80. The average molecular weight is 319 g/mol. The molecule has 1 amide bonds. The first kappa shape index (κ1) is 15.3. The van der Waals surface area contributed by atoms with Crippen LogP contribution < -0.4 is 5.32 Å². The molecule has 2 aromatic rings. The maximum atomic E-state index is 13.4. The lowest BCUT2D eigenvalue weighted by molar-refractivity contribution is 0.102. The topological polar surface area (TPSA) is 29.1 Å². The lowest BCUT2D eigenvalue weighted by atomic mass is 10.2. The summed E-state index contributed by atoms with van der Waals surface area (Å²) in [5.41, 5.74) is -1.45. The van der Waals surface area contributed by atoms with Gasteiger partial charge in [-0.05, 0) is 18.2 Å². The standard InChI is InChI=1S/C13H6F5NOS/c14-7-8(15)10(17)12(11(18)9(7)16)19-13(20)5-2-1-3-6(21)4-5/h1-4,21H,(H,19,20). The van der Waals surface area contributed by atoms with Crippen molar-refractivity contribution >= 4 is 24.2 Å². The van der Waals surface area contributed by atoms with E-state index in [-0.39, 0.29) is 5.56 Å². The fourth-order valence-corrected chi connectivity index (χ4v) is 1.77. The first-order chi connectivity index (χ1) is 9.82. The van der Waals surface area contributed by atoms with Crippen molar-refractivity contribution in [1.29, 1.82) is 0 Å². The summed E-state index contributed by atoms with van der Waals surface area (Å²) in [6.45, 7) is 0. The molecule has 0 aromatic heterocycles. The molecule has 1 N–H and O–H groups in total. The summed E-state index contributed by atoms with van der Waals surface area (Å²) in [5.74, 6) is -11.8. The molecule has 0 unspecified atom stereocenters. The van der Waals surface area contributed by atoms with Gasteiger partial charge in [-0.15, -0.1) is 12.6 Å². The Hall–Kier alpha value is -2.09. The van der Waals surface area contributed by atoms with Gasteiger partial charge in [-0.1, -0.05) is 6.07 Å². The molecule has 0 heterocycles. The van der Waals surface area contributed by atoms with Crippen LogP contribution in [0.4, 0.5) is 27.6 Å². The summed E-state index contributed by atoms with van der Waals surface area (Å²) in [6, 6.07) is 5.54. The lowest BCUT2D eigenvalue weighted by Gasteiger charge is -2.10. The number of rotatable bonds is 2. The Morgan fingerprint density at radius 1 is 0.905 bits per heavy atom. The van der Waals surface area contributed by atoms with E-state index in [4.69, 9.17) is 0 Å². The molecule has 0 aliphatic rings. The van der Waals surface area contributed by atoms with Crippen molar-refractivity contribution in [2.75, 3.05) is 5.32 Å². The third kappa shape index (κ3) is 2.85. The van der Waals surface area contributed by atoms with Gasteiger partial charge in [0.2, 0.25) is 5.82 Å². The number of carbonyl (C=O) groups excluding carboxylic acids is 1. The van der Waals surface area contributed by atoms with Crippen molar-refractivity contribution in [3.63, 3.8) is 0 Å². The van der Waals surface area contributed by atoms with Gasteiger partial charge in [-0.25, -0.2) is 22.0 Å². The summed E-state index contributed by atoms with van der Waals surface area (Å²) in [7, 11) is 0. The minimum Gasteiger partial charge on any atom is -0.317 e. The number of benzene rings is 2. The van der Waals surface area contributed by atoms with E-state index in [9.17, 15) is 26.7 Å². The van der Waals surface area contributed by atoms with Crippen LogP contribution in [0, 0.1) is 29.1 Å². The number of carbonyl (C=O) groups is 1. The molecule has 0 bridgehead atoms. The largest absolute Gasteiger partial charge is 0.317 e. The molecule has 0 spiro atoms. The van der Waals surface area contributed by atoms with E-state index in [0.717, 1.165) is 0 Å². The minimum atomic E-state index is -2.29. The average Bonchev–Trinajstić information content (AvgIpc) is 2.47. The molecule has 2 aromatic carbocycles. The van der Waals surface area contributed by atoms with Gasteiger partial charge in [-0.2, -0.15) is 0 Å². The van der Waals surface area contributed by atoms with E-state index in [2.05, 4.69) is 12.6 Å². The number of hydrogen-bond donors (Lipinski definition) is 2. The van der Waals surface area contributed by atoms with Crippen LogP contribution in [-0.4, -0.2) is 5.91 Å². The summed E-state index contributed by atoms with van der Waals surface area (Å²) in [5, 5.41) is 1.66. The highest BCUT2D eigenvalue weighted by Gasteiger charge is 2.27. The van der Waals surface area contributed by atoms with Gasteiger partial charge in [-0.3, -0.25) is 4.79 Å². The molecular formula is C13H6F5NOS. The van der Waals surface area contributed by atoms with Crippen molar-refractivity contribution in [1.82, 2.24) is 0 Å². The fraction of sp³-hybridized carbons (Fsp3) is 0. The van der Waals surface area contributed by atoms with Gasteiger partial charge in [0.1, 0.15) is 5.69 Å². The van der Waals surface area contributed by atoms with Crippen LogP contribution in [0.15, 0.2) is 29.2 Å². The Bertz CT molecular complexity index is 706.